The van der Waals surface area contributed by atoms with Gasteiger partial charge in [-0.2, -0.15) is 0 Å². The van der Waals surface area contributed by atoms with Crippen molar-refractivity contribution in [1.82, 2.24) is 0 Å². The van der Waals surface area contributed by atoms with Crippen molar-refractivity contribution in [3.63, 3.8) is 0 Å². The molecule has 6 nitrogen and oxygen atoms in total. The minimum absolute atomic E-state index is 0.235. The Morgan fingerprint density at radius 2 is 1.90 bits per heavy atom. The molecule has 0 spiro atoms. The molecule has 29 heavy (non-hydrogen) atoms. The Kier molecular flexibility index (Phi) is 6.23. The highest BCUT2D eigenvalue weighted by Crippen LogP contribution is 2.22. The Bertz CT molecular complexity index is 1060. The summed E-state index contributed by atoms with van der Waals surface area (Å²) < 4.78 is 41.7. The van der Waals surface area contributed by atoms with Gasteiger partial charge in [-0.15, -0.1) is 0 Å². The lowest BCUT2D eigenvalue weighted by molar-refractivity contribution is -0.143. The van der Waals surface area contributed by atoms with Crippen LogP contribution in [-0.4, -0.2) is 38.7 Å². The van der Waals surface area contributed by atoms with Crippen molar-refractivity contribution in [3.05, 3.63) is 83.5 Å². The number of ether oxygens (including phenoxy) is 1. The lowest BCUT2D eigenvalue weighted by atomic mass is 10.2. The van der Waals surface area contributed by atoms with Crippen molar-refractivity contribution in [1.29, 1.82) is 0 Å². The van der Waals surface area contributed by atoms with Crippen molar-refractivity contribution in [2.75, 3.05) is 17.3 Å². The average Bonchev–Trinajstić information content (AvgIpc) is 3.05. The lowest BCUT2D eigenvalue weighted by Gasteiger charge is -2.27. The number of para-hydroxylation sites is 1. The first-order valence-electron chi connectivity index (χ1n) is 8.72. The van der Waals surface area contributed by atoms with Gasteiger partial charge >= 0.3 is 5.97 Å². The van der Waals surface area contributed by atoms with Crippen LogP contribution in [0.1, 0.15) is 5.56 Å². The number of nitrogens with zero attached hydrogens (tertiary/aromatic N) is 1. The molecule has 2 aromatic carbocycles. The van der Waals surface area contributed by atoms with Crippen LogP contribution >= 0.6 is 0 Å². The van der Waals surface area contributed by atoms with Crippen molar-refractivity contribution in [3.8, 4) is 0 Å². The summed E-state index contributed by atoms with van der Waals surface area (Å²) in [7, 11) is -3.38. The van der Waals surface area contributed by atoms with Crippen molar-refractivity contribution in [2.24, 2.45) is 0 Å². The molecule has 1 heterocycles. The highest BCUT2D eigenvalue weighted by Gasteiger charge is 2.31. The molecule has 1 atom stereocenters. The van der Waals surface area contributed by atoms with Crippen LogP contribution < -0.4 is 4.90 Å². The van der Waals surface area contributed by atoms with Gasteiger partial charge in [0, 0.05) is 17.2 Å². The molecule has 8 heteroatoms. The number of benzene rings is 2. The largest absolute Gasteiger partial charge is 0.452 e. The SMILES string of the molecule is O=C(/C=C/c1cccc(F)c1)OCC(=O)N(c1ccccc1)[C@@H]1C=CS(=O)(=O)C1. The molecule has 1 aliphatic heterocycles. The number of anilines is 1. The van der Waals surface area contributed by atoms with E-state index in [-0.39, 0.29) is 5.75 Å². The van der Waals surface area contributed by atoms with Gasteiger partial charge in [-0.3, -0.25) is 4.79 Å². The maximum Gasteiger partial charge on any atom is 0.331 e. The molecule has 0 N–H and O–H groups in total. The van der Waals surface area contributed by atoms with Gasteiger partial charge in [-0.25, -0.2) is 17.6 Å². The number of carbonyl (C=O) groups is 2. The average molecular weight is 415 g/mol. The van der Waals surface area contributed by atoms with Crippen molar-refractivity contribution >= 4 is 33.5 Å². The number of sulfone groups is 1. The molecule has 2 aromatic rings. The number of esters is 1. The summed E-state index contributed by atoms with van der Waals surface area (Å²) >= 11 is 0. The van der Waals surface area contributed by atoms with E-state index in [0.717, 1.165) is 11.5 Å². The highest BCUT2D eigenvalue weighted by atomic mass is 32.2. The Morgan fingerprint density at radius 3 is 2.55 bits per heavy atom. The maximum absolute atomic E-state index is 13.1. The van der Waals surface area contributed by atoms with Crippen LogP contribution in [0, 0.1) is 5.82 Å². The second kappa shape index (κ2) is 8.83. The van der Waals surface area contributed by atoms with E-state index in [1.54, 1.807) is 36.4 Å². The zero-order valence-corrected chi connectivity index (χ0v) is 16.1. The normalized spacial score (nSPS) is 17.3. The molecule has 0 fully saturated rings. The van der Waals surface area contributed by atoms with Crippen molar-refractivity contribution < 1.29 is 27.1 Å². The Hall–Kier alpha value is -3.26. The molecule has 0 saturated carbocycles. The van der Waals surface area contributed by atoms with E-state index in [1.165, 1.54) is 35.3 Å². The molecule has 150 valence electrons. The summed E-state index contributed by atoms with van der Waals surface area (Å²) in [4.78, 5) is 25.9. The summed E-state index contributed by atoms with van der Waals surface area (Å²) in [5.41, 5.74) is 0.969. The molecule has 1 aliphatic rings. The van der Waals surface area contributed by atoms with Gasteiger partial charge in [0.25, 0.3) is 5.91 Å². The summed E-state index contributed by atoms with van der Waals surface area (Å²) in [5, 5.41) is 1.08. The molecule has 0 aromatic heterocycles. The fraction of sp³-hybridized carbons (Fsp3) is 0.143. The van der Waals surface area contributed by atoms with E-state index in [1.807, 2.05) is 0 Å². The van der Waals surface area contributed by atoms with Crippen LogP contribution in [0.5, 0.6) is 0 Å². The third kappa shape index (κ3) is 5.61. The Labute approximate surface area is 167 Å². The van der Waals surface area contributed by atoms with Crippen LogP contribution in [0.2, 0.25) is 0 Å². The van der Waals surface area contributed by atoms with E-state index in [2.05, 4.69) is 0 Å². The Balaban J connectivity index is 1.67. The predicted molar refractivity (Wildman–Crippen MR) is 107 cm³/mol. The standard InChI is InChI=1S/C21H18FNO5S/c22-17-6-4-5-16(13-17)9-10-21(25)28-14-20(24)23(18-7-2-1-3-8-18)19-11-12-29(26,27)15-19/h1-13,19H,14-15H2/b10-9+/t19-/m1/s1. The molecule has 0 radical (unpaired) electrons. The maximum atomic E-state index is 13.1. The Morgan fingerprint density at radius 1 is 1.14 bits per heavy atom. The third-order valence-corrected chi connectivity index (χ3v) is 5.52. The topological polar surface area (TPSA) is 80.8 Å². The smallest absolute Gasteiger partial charge is 0.331 e. The van der Waals surface area contributed by atoms with E-state index >= 15 is 0 Å². The number of carbonyl (C=O) groups excluding carboxylic acids is 2. The first-order valence-corrected chi connectivity index (χ1v) is 10.4. The van der Waals surface area contributed by atoms with Gasteiger partial charge in [0.1, 0.15) is 5.82 Å². The number of hydrogen-bond acceptors (Lipinski definition) is 5. The number of rotatable bonds is 6. The third-order valence-electron chi connectivity index (χ3n) is 4.14. The fourth-order valence-corrected chi connectivity index (χ4v) is 4.12. The molecule has 1 amide bonds. The first-order chi connectivity index (χ1) is 13.8. The number of hydrogen-bond donors (Lipinski definition) is 0. The zero-order chi connectivity index (χ0) is 20.9. The van der Waals surface area contributed by atoms with Gasteiger partial charge in [-0.05, 0) is 42.0 Å². The second-order valence-corrected chi connectivity index (χ2v) is 8.25. The van der Waals surface area contributed by atoms with E-state index in [0.29, 0.717) is 11.3 Å². The molecule has 0 unspecified atom stereocenters. The monoisotopic (exact) mass is 415 g/mol. The van der Waals surface area contributed by atoms with Gasteiger partial charge in [-0.1, -0.05) is 30.3 Å². The van der Waals surface area contributed by atoms with Gasteiger partial charge in [0.2, 0.25) is 0 Å². The van der Waals surface area contributed by atoms with Crippen LogP contribution in [0.3, 0.4) is 0 Å². The van der Waals surface area contributed by atoms with E-state index in [9.17, 15) is 22.4 Å². The van der Waals surface area contributed by atoms with Crippen LogP contribution in [0.25, 0.3) is 6.08 Å². The van der Waals surface area contributed by atoms with Gasteiger partial charge in [0.05, 0.1) is 11.8 Å². The van der Waals surface area contributed by atoms with Crippen LogP contribution in [0.15, 0.2) is 72.2 Å². The number of halogens is 1. The zero-order valence-electron chi connectivity index (χ0n) is 15.3. The molecule has 0 saturated heterocycles. The van der Waals surface area contributed by atoms with E-state index in [4.69, 9.17) is 4.74 Å². The first kappa shape index (κ1) is 20.5. The minimum atomic E-state index is -3.38. The number of amides is 1. The van der Waals surface area contributed by atoms with Crippen molar-refractivity contribution in [2.45, 2.75) is 6.04 Å². The summed E-state index contributed by atoms with van der Waals surface area (Å²) in [6.45, 7) is -0.564. The van der Waals surface area contributed by atoms with E-state index < -0.39 is 40.2 Å². The molecule has 0 aliphatic carbocycles. The summed E-state index contributed by atoms with van der Waals surface area (Å²) in [5.74, 6) is -2.00. The predicted octanol–water partition coefficient (Wildman–Crippen LogP) is 2.73. The molecular formula is C21H18FNO5S. The van der Waals surface area contributed by atoms with Gasteiger partial charge < -0.3 is 9.64 Å². The van der Waals surface area contributed by atoms with Crippen LogP contribution in [0.4, 0.5) is 10.1 Å². The second-order valence-electron chi connectivity index (χ2n) is 6.32. The van der Waals surface area contributed by atoms with Crippen LogP contribution in [-0.2, 0) is 24.2 Å². The summed E-state index contributed by atoms with van der Waals surface area (Å²) in [6, 6.07) is 13.5. The lowest BCUT2D eigenvalue weighted by Crippen LogP contribution is -2.43. The summed E-state index contributed by atoms with van der Waals surface area (Å²) in [6.07, 6.45) is 3.90. The molecule has 0 bridgehead atoms. The highest BCUT2D eigenvalue weighted by molar-refractivity contribution is 7.94. The molecular weight excluding hydrogens is 397 g/mol. The quantitative estimate of drug-likeness (QED) is 0.535. The molecule has 3 rings (SSSR count). The minimum Gasteiger partial charge on any atom is -0.452 e. The fourth-order valence-electron chi connectivity index (χ4n) is 2.85. The van der Waals surface area contributed by atoms with Gasteiger partial charge in [0.15, 0.2) is 16.4 Å².